The summed E-state index contributed by atoms with van der Waals surface area (Å²) in [5.41, 5.74) is 6.62. The predicted octanol–water partition coefficient (Wildman–Crippen LogP) is 2.93. The van der Waals surface area contributed by atoms with Crippen LogP contribution >= 0.6 is 11.6 Å². The summed E-state index contributed by atoms with van der Waals surface area (Å²) < 4.78 is 1.81. The lowest BCUT2D eigenvalue weighted by Crippen LogP contribution is -2.26. The molecule has 5 rings (SSSR count). The van der Waals surface area contributed by atoms with Crippen molar-refractivity contribution >= 4 is 45.1 Å². The molecule has 1 saturated carbocycles. The molecule has 3 aromatic heterocycles. The molecular formula is C20H18ClN7O2. The number of halogens is 1. The van der Waals surface area contributed by atoms with Gasteiger partial charge in [0.25, 0.3) is 11.5 Å². The molecule has 1 atom stereocenters. The SMILES string of the molecule is C[C@H](Nc1ncnc2[nH]nc(C(N)=O)c12)c1cc2cccc(Cl)c2c(=O)n1C1CC1. The number of nitrogens with two attached hydrogens (primary N) is 1. The summed E-state index contributed by atoms with van der Waals surface area (Å²) in [6, 6.07) is 7.26. The van der Waals surface area contributed by atoms with E-state index in [1.165, 1.54) is 6.33 Å². The van der Waals surface area contributed by atoms with Crippen LogP contribution in [0.3, 0.4) is 0 Å². The van der Waals surface area contributed by atoms with E-state index in [0.717, 1.165) is 23.9 Å². The molecule has 1 aliphatic rings. The lowest BCUT2D eigenvalue weighted by atomic mass is 10.1. The first kappa shape index (κ1) is 18.6. The highest BCUT2D eigenvalue weighted by Crippen LogP contribution is 2.38. The molecule has 1 amide bonds. The fraction of sp³-hybridized carbons (Fsp3) is 0.250. The average molecular weight is 424 g/mol. The number of benzene rings is 1. The maximum atomic E-state index is 13.3. The van der Waals surface area contributed by atoms with Crippen molar-refractivity contribution in [3.8, 4) is 0 Å². The third-order valence-corrected chi connectivity index (χ3v) is 5.68. The molecule has 9 nitrogen and oxygen atoms in total. The van der Waals surface area contributed by atoms with E-state index >= 15 is 0 Å². The second-order valence-corrected chi connectivity index (χ2v) is 7.84. The molecule has 4 N–H and O–H groups in total. The first-order valence-corrected chi connectivity index (χ1v) is 9.92. The van der Waals surface area contributed by atoms with Gasteiger partial charge in [-0.3, -0.25) is 14.7 Å². The minimum atomic E-state index is -0.679. The maximum absolute atomic E-state index is 13.3. The Hall–Kier alpha value is -3.46. The molecule has 1 aliphatic carbocycles. The largest absolute Gasteiger partial charge is 0.364 e. The number of hydrogen-bond donors (Lipinski definition) is 3. The van der Waals surface area contributed by atoms with E-state index in [2.05, 4.69) is 25.5 Å². The van der Waals surface area contributed by atoms with Gasteiger partial charge in [0.2, 0.25) is 0 Å². The number of carbonyl (C=O) groups excluding carboxylic acids is 1. The number of hydrogen-bond acceptors (Lipinski definition) is 6. The molecule has 4 aromatic rings. The molecule has 30 heavy (non-hydrogen) atoms. The zero-order valence-electron chi connectivity index (χ0n) is 16.0. The molecule has 0 spiro atoms. The summed E-state index contributed by atoms with van der Waals surface area (Å²) in [5, 5.41) is 12.1. The van der Waals surface area contributed by atoms with Gasteiger partial charge in [0.15, 0.2) is 11.3 Å². The normalized spacial score (nSPS) is 14.9. The van der Waals surface area contributed by atoms with E-state index < -0.39 is 5.91 Å². The van der Waals surface area contributed by atoms with Gasteiger partial charge >= 0.3 is 0 Å². The van der Waals surface area contributed by atoms with Crippen LogP contribution in [0.4, 0.5) is 5.82 Å². The first-order valence-electron chi connectivity index (χ1n) is 9.54. The van der Waals surface area contributed by atoms with Gasteiger partial charge in [0.1, 0.15) is 12.1 Å². The Kier molecular flexibility index (Phi) is 4.21. The van der Waals surface area contributed by atoms with Crippen LogP contribution in [0.25, 0.3) is 21.8 Å². The third-order valence-electron chi connectivity index (χ3n) is 5.36. The lowest BCUT2D eigenvalue weighted by Gasteiger charge is -2.21. The van der Waals surface area contributed by atoms with Crippen molar-refractivity contribution < 1.29 is 4.79 Å². The summed E-state index contributed by atoms with van der Waals surface area (Å²) in [5.74, 6) is -0.266. The van der Waals surface area contributed by atoms with Gasteiger partial charge in [0.05, 0.1) is 21.8 Å². The van der Waals surface area contributed by atoms with Crippen LogP contribution in [0.15, 0.2) is 35.4 Å². The van der Waals surface area contributed by atoms with Gasteiger partial charge in [0, 0.05) is 11.7 Å². The van der Waals surface area contributed by atoms with Crippen LogP contribution in [0.2, 0.25) is 5.02 Å². The molecule has 0 unspecified atom stereocenters. The molecule has 1 aromatic carbocycles. The topological polar surface area (TPSA) is 132 Å². The van der Waals surface area contributed by atoms with Crippen LogP contribution in [-0.4, -0.2) is 30.6 Å². The fourth-order valence-corrected chi connectivity index (χ4v) is 4.09. The van der Waals surface area contributed by atoms with Crippen molar-refractivity contribution in [2.75, 3.05) is 5.32 Å². The number of aromatic amines is 1. The number of rotatable bonds is 5. The molecule has 0 radical (unpaired) electrons. The monoisotopic (exact) mass is 423 g/mol. The number of aromatic nitrogens is 5. The Balaban J connectivity index is 1.64. The van der Waals surface area contributed by atoms with E-state index in [1.54, 1.807) is 6.07 Å². The number of primary amides is 1. The molecule has 10 heteroatoms. The standard InChI is InChI=1S/C20H18ClN7O2/c1-9(25-18-15-16(17(22)29)26-27-19(15)24-8-23-18)13-7-10-3-2-4-12(21)14(10)20(30)28(13)11-5-6-11/h2-4,7-9,11H,5-6H2,1H3,(H2,22,29)(H2,23,24,25,26,27)/t9-/m0/s1. The van der Waals surface area contributed by atoms with Crippen LogP contribution in [0.1, 0.15) is 48.0 Å². The van der Waals surface area contributed by atoms with E-state index in [0.29, 0.717) is 27.3 Å². The summed E-state index contributed by atoms with van der Waals surface area (Å²) in [6.07, 6.45) is 3.26. The molecule has 152 valence electrons. The zero-order chi connectivity index (χ0) is 21.0. The second-order valence-electron chi connectivity index (χ2n) is 7.43. The molecule has 0 bridgehead atoms. The van der Waals surface area contributed by atoms with Gasteiger partial charge in [-0.05, 0) is 37.3 Å². The summed E-state index contributed by atoms with van der Waals surface area (Å²) in [6.45, 7) is 1.93. The Morgan fingerprint density at radius 1 is 1.33 bits per heavy atom. The number of H-pyrrole nitrogens is 1. The molecule has 1 fully saturated rings. The van der Waals surface area contributed by atoms with Crippen LogP contribution in [0, 0.1) is 0 Å². The van der Waals surface area contributed by atoms with Gasteiger partial charge < -0.3 is 15.6 Å². The van der Waals surface area contributed by atoms with Crippen molar-refractivity contribution in [3.63, 3.8) is 0 Å². The Labute approximate surface area is 175 Å². The van der Waals surface area contributed by atoms with Crippen molar-refractivity contribution in [2.24, 2.45) is 5.73 Å². The van der Waals surface area contributed by atoms with Crippen molar-refractivity contribution in [1.29, 1.82) is 0 Å². The summed E-state index contributed by atoms with van der Waals surface area (Å²) in [4.78, 5) is 33.4. The number of carbonyl (C=O) groups is 1. The van der Waals surface area contributed by atoms with E-state index in [9.17, 15) is 9.59 Å². The van der Waals surface area contributed by atoms with Gasteiger partial charge in [-0.25, -0.2) is 9.97 Å². The molecule has 3 heterocycles. The van der Waals surface area contributed by atoms with E-state index in [-0.39, 0.29) is 23.3 Å². The highest BCUT2D eigenvalue weighted by atomic mass is 35.5. The Morgan fingerprint density at radius 2 is 2.13 bits per heavy atom. The fourth-order valence-electron chi connectivity index (χ4n) is 3.82. The quantitative estimate of drug-likeness (QED) is 0.452. The van der Waals surface area contributed by atoms with Crippen molar-refractivity contribution in [3.05, 3.63) is 57.4 Å². The highest BCUT2D eigenvalue weighted by molar-refractivity contribution is 6.35. The van der Waals surface area contributed by atoms with E-state index in [1.807, 2.05) is 29.7 Å². The predicted molar refractivity (Wildman–Crippen MR) is 114 cm³/mol. The number of fused-ring (bicyclic) bond motifs is 2. The van der Waals surface area contributed by atoms with Gasteiger partial charge in [-0.1, -0.05) is 23.7 Å². The maximum Gasteiger partial charge on any atom is 0.270 e. The lowest BCUT2D eigenvalue weighted by molar-refractivity contribution is 0.0997. The summed E-state index contributed by atoms with van der Waals surface area (Å²) in [7, 11) is 0. The molecule has 0 aliphatic heterocycles. The number of amides is 1. The van der Waals surface area contributed by atoms with Crippen LogP contribution < -0.4 is 16.6 Å². The molecule has 0 saturated heterocycles. The minimum Gasteiger partial charge on any atom is -0.364 e. The highest BCUT2D eigenvalue weighted by Gasteiger charge is 2.30. The van der Waals surface area contributed by atoms with Crippen LogP contribution in [0.5, 0.6) is 0 Å². The van der Waals surface area contributed by atoms with Crippen LogP contribution in [-0.2, 0) is 0 Å². The summed E-state index contributed by atoms with van der Waals surface area (Å²) >= 11 is 6.32. The smallest absolute Gasteiger partial charge is 0.270 e. The minimum absolute atomic E-state index is 0.0603. The van der Waals surface area contributed by atoms with E-state index in [4.69, 9.17) is 17.3 Å². The average Bonchev–Trinajstić information content (AvgIpc) is 3.44. The number of nitrogens with one attached hydrogen (secondary N) is 2. The third kappa shape index (κ3) is 2.89. The first-order chi connectivity index (χ1) is 14.5. The van der Waals surface area contributed by atoms with Gasteiger partial charge in [-0.15, -0.1) is 0 Å². The Morgan fingerprint density at radius 3 is 2.87 bits per heavy atom. The number of anilines is 1. The number of pyridine rings is 1. The molecular weight excluding hydrogens is 406 g/mol. The second kappa shape index (κ2) is 6.81. The zero-order valence-corrected chi connectivity index (χ0v) is 16.8. The van der Waals surface area contributed by atoms with Gasteiger partial charge in [-0.2, -0.15) is 5.10 Å². The number of nitrogens with zero attached hydrogens (tertiary/aromatic N) is 4. The Bertz CT molecular complexity index is 1370. The van der Waals surface area contributed by atoms with Crippen molar-refractivity contribution in [2.45, 2.75) is 31.8 Å². The van der Waals surface area contributed by atoms with Crippen molar-refractivity contribution in [1.82, 2.24) is 24.7 Å².